The zero-order valence-corrected chi connectivity index (χ0v) is 17.8. The van der Waals surface area contributed by atoms with E-state index < -0.39 is 0 Å². The second-order valence-corrected chi connectivity index (χ2v) is 8.43. The number of benzene rings is 1. The Kier molecular flexibility index (Phi) is 8.84. The Bertz CT molecular complexity index is 596. The molecule has 0 bridgehead atoms. The minimum atomic E-state index is 0.810. The van der Waals surface area contributed by atoms with Crippen LogP contribution in [0.2, 0.25) is 0 Å². The second-order valence-electron chi connectivity index (χ2n) is 8.43. The van der Waals surface area contributed by atoms with Crippen LogP contribution in [0.4, 0.5) is 0 Å². The second kappa shape index (κ2) is 11.6. The van der Waals surface area contributed by atoms with E-state index in [1.54, 1.807) is 7.11 Å². The van der Waals surface area contributed by atoms with Crippen LogP contribution in [0.1, 0.15) is 37.7 Å². The van der Waals surface area contributed by atoms with Gasteiger partial charge in [-0.2, -0.15) is 0 Å². The summed E-state index contributed by atoms with van der Waals surface area (Å²) in [5.74, 6) is 2.65. The van der Waals surface area contributed by atoms with E-state index in [1.807, 2.05) is 13.2 Å². The van der Waals surface area contributed by atoms with Crippen LogP contribution in [-0.2, 0) is 11.3 Å². The molecule has 0 unspecified atom stereocenters. The molecule has 1 heterocycles. The van der Waals surface area contributed by atoms with Gasteiger partial charge < -0.3 is 14.4 Å². The van der Waals surface area contributed by atoms with Crippen LogP contribution in [0, 0.1) is 11.8 Å². The standard InChI is InChI=1S/C24H38N2O2/c1-27-17-16-26(18-21-8-4-3-5-9-21)19-22-12-14-25(15-13-22)20-23-10-6-7-11-24(23)28-2/h3-4,6-7,10-11,21-22H,5,8-9,12-20H2,1-2H3/t21-/m1/s1. The Hall–Kier alpha value is -1.36. The summed E-state index contributed by atoms with van der Waals surface area (Å²) >= 11 is 0. The van der Waals surface area contributed by atoms with Crippen LogP contribution < -0.4 is 4.74 Å². The van der Waals surface area contributed by atoms with Gasteiger partial charge in [0.05, 0.1) is 13.7 Å². The predicted molar refractivity (Wildman–Crippen MR) is 116 cm³/mol. The van der Waals surface area contributed by atoms with Gasteiger partial charge >= 0.3 is 0 Å². The van der Waals surface area contributed by atoms with E-state index in [4.69, 9.17) is 9.47 Å². The van der Waals surface area contributed by atoms with Gasteiger partial charge in [0.2, 0.25) is 0 Å². The number of nitrogens with zero attached hydrogens (tertiary/aromatic N) is 2. The Labute approximate surface area is 171 Å². The van der Waals surface area contributed by atoms with Gasteiger partial charge in [-0.15, -0.1) is 0 Å². The number of hydrogen-bond acceptors (Lipinski definition) is 4. The summed E-state index contributed by atoms with van der Waals surface area (Å²) in [6.07, 6.45) is 11.2. The van der Waals surface area contributed by atoms with Gasteiger partial charge in [-0.1, -0.05) is 30.4 Å². The van der Waals surface area contributed by atoms with Crippen molar-refractivity contribution in [3.63, 3.8) is 0 Å². The van der Waals surface area contributed by atoms with Gasteiger partial charge in [-0.05, 0) is 63.1 Å². The smallest absolute Gasteiger partial charge is 0.123 e. The van der Waals surface area contributed by atoms with Crippen molar-refractivity contribution in [2.45, 2.75) is 38.6 Å². The number of hydrogen-bond donors (Lipinski definition) is 0. The maximum absolute atomic E-state index is 5.52. The molecule has 1 aromatic carbocycles. The number of piperidine rings is 1. The van der Waals surface area contributed by atoms with Crippen LogP contribution in [0.5, 0.6) is 5.75 Å². The molecular formula is C24H38N2O2. The first-order chi connectivity index (χ1) is 13.8. The lowest BCUT2D eigenvalue weighted by Crippen LogP contribution is -2.41. The Morgan fingerprint density at radius 3 is 2.50 bits per heavy atom. The van der Waals surface area contributed by atoms with Crippen molar-refractivity contribution in [2.24, 2.45) is 11.8 Å². The minimum Gasteiger partial charge on any atom is -0.496 e. The number of allylic oxidation sites excluding steroid dienone is 2. The topological polar surface area (TPSA) is 24.9 Å². The lowest BCUT2D eigenvalue weighted by molar-refractivity contribution is 0.0988. The summed E-state index contributed by atoms with van der Waals surface area (Å²) in [5, 5.41) is 0. The molecule has 1 aliphatic heterocycles. The van der Waals surface area contributed by atoms with Crippen molar-refractivity contribution in [2.75, 3.05) is 53.6 Å². The van der Waals surface area contributed by atoms with Crippen molar-refractivity contribution in [3.8, 4) is 5.75 Å². The number of ether oxygens (including phenoxy) is 2. The summed E-state index contributed by atoms with van der Waals surface area (Å²) in [6.45, 7) is 7.74. The van der Waals surface area contributed by atoms with Gasteiger partial charge in [0, 0.05) is 38.9 Å². The molecule has 4 nitrogen and oxygen atoms in total. The maximum Gasteiger partial charge on any atom is 0.123 e. The maximum atomic E-state index is 5.52. The van der Waals surface area contributed by atoms with Crippen LogP contribution in [-0.4, -0.2) is 63.4 Å². The molecule has 156 valence electrons. The van der Waals surface area contributed by atoms with Gasteiger partial charge in [-0.3, -0.25) is 4.90 Å². The molecule has 1 fully saturated rings. The summed E-state index contributed by atoms with van der Waals surface area (Å²) in [6, 6.07) is 8.41. The van der Waals surface area contributed by atoms with E-state index in [9.17, 15) is 0 Å². The van der Waals surface area contributed by atoms with Crippen molar-refractivity contribution in [1.29, 1.82) is 0 Å². The van der Waals surface area contributed by atoms with E-state index in [0.717, 1.165) is 37.3 Å². The molecular weight excluding hydrogens is 348 g/mol. The van der Waals surface area contributed by atoms with Crippen LogP contribution in [0.3, 0.4) is 0 Å². The highest BCUT2D eigenvalue weighted by Gasteiger charge is 2.23. The van der Waals surface area contributed by atoms with Gasteiger partial charge in [0.15, 0.2) is 0 Å². The normalized spacial score (nSPS) is 21.3. The Morgan fingerprint density at radius 1 is 1.00 bits per heavy atom. The molecule has 0 saturated carbocycles. The quantitative estimate of drug-likeness (QED) is 0.562. The molecule has 1 atom stereocenters. The van der Waals surface area contributed by atoms with Crippen LogP contribution in [0.25, 0.3) is 0 Å². The third-order valence-corrected chi connectivity index (χ3v) is 6.32. The summed E-state index contributed by atoms with van der Waals surface area (Å²) in [4.78, 5) is 5.26. The van der Waals surface area contributed by atoms with Crippen LogP contribution in [0.15, 0.2) is 36.4 Å². The molecule has 0 N–H and O–H groups in total. The molecule has 0 radical (unpaired) electrons. The Morgan fingerprint density at radius 2 is 1.79 bits per heavy atom. The average Bonchev–Trinajstić information content (AvgIpc) is 2.74. The summed E-state index contributed by atoms with van der Waals surface area (Å²) in [7, 11) is 3.58. The first-order valence-electron chi connectivity index (χ1n) is 11.0. The predicted octanol–water partition coefficient (Wildman–Crippen LogP) is 4.21. The molecule has 0 amide bonds. The van der Waals surface area contributed by atoms with Crippen LogP contribution >= 0.6 is 0 Å². The van der Waals surface area contributed by atoms with Crippen molar-refractivity contribution < 1.29 is 9.47 Å². The fraction of sp³-hybridized carbons (Fsp3) is 0.667. The van der Waals surface area contributed by atoms with E-state index in [1.165, 1.54) is 63.8 Å². The first-order valence-corrected chi connectivity index (χ1v) is 11.0. The molecule has 2 aliphatic rings. The van der Waals surface area contributed by atoms with Crippen molar-refractivity contribution in [1.82, 2.24) is 9.80 Å². The van der Waals surface area contributed by atoms with Crippen molar-refractivity contribution >= 4 is 0 Å². The zero-order chi connectivity index (χ0) is 19.6. The fourth-order valence-corrected chi connectivity index (χ4v) is 4.63. The molecule has 1 aromatic rings. The molecule has 1 saturated heterocycles. The third-order valence-electron chi connectivity index (χ3n) is 6.32. The first kappa shape index (κ1) is 21.4. The van der Waals surface area contributed by atoms with Gasteiger partial charge in [0.1, 0.15) is 5.75 Å². The molecule has 28 heavy (non-hydrogen) atoms. The number of methoxy groups -OCH3 is 2. The van der Waals surface area contributed by atoms with E-state index in [-0.39, 0.29) is 0 Å². The zero-order valence-electron chi connectivity index (χ0n) is 17.8. The minimum absolute atomic E-state index is 0.810. The number of para-hydroxylation sites is 1. The highest BCUT2D eigenvalue weighted by molar-refractivity contribution is 5.33. The monoisotopic (exact) mass is 386 g/mol. The van der Waals surface area contributed by atoms with E-state index in [2.05, 4.69) is 40.2 Å². The molecule has 4 heteroatoms. The number of rotatable bonds is 10. The Balaban J connectivity index is 1.46. The highest BCUT2D eigenvalue weighted by atomic mass is 16.5. The summed E-state index contributed by atoms with van der Waals surface area (Å²) in [5.41, 5.74) is 1.30. The highest BCUT2D eigenvalue weighted by Crippen LogP contribution is 2.25. The molecule has 1 aliphatic carbocycles. The van der Waals surface area contributed by atoms with Gasteiger partial charge in [0.25, 0.3) is 0 Å². The average molecular weight is 387 g/mol. The fourth-order valence-electron chi connectivity index (χ4n) is 4.63. The molecule has 3 rings (SSSR count). The van der Waals surface area contributed by atoms with Crippen molar-refractivity contribution in [3.05, 3.63) is 42.0 Å². The summed E-state index contributed by atoms with van der Waals surface area (Å²) < 4.78 is 10.9. The number of likely N-dealkylation sites (tertiary alicyclic amines) is 1. The van der Waals surface area contributed by atoms with E-state index in [0.29, 0.717) is 0 Å². The SMILES string of the molecule is COCCN(CC1CCN(Cc2ccccc2OC)CC1)C[C@@H]1CC=CCC1. The largest absolute Gasteiger partial charge is 0.496 e. The molecule has 0 aromatic heterocycles. The lowest BCUT2D eigenvalue weighted by atomic mass is 9.92. The van der Waals surface area contributed by atoms with E-state index >= 15 is 0 Å². The molecule has 0 spiro atoms. The van der Waals surface area contributed by atoms with Gasteiger partial charge in [-0.25, -0.2) is 0 Å². The third kappa shape index (κ3) is 6.61. The lowest BCUT2D eigenvalue weighted by Gasteiger charge is -2.36.